The Morgan fingerprint density at radius 3 is 2.71 bits per heavy atom. The average molecular weight is 241 g/mol. The number of phenolic OH excluding ortho intramolecular Hbond substituents is 1. The molecule has 0 fully saturated rings. The summed E-state index contributed by atoms with van der Waals surface area (Å²) in [6.07, 6.45) is 0. The summed E-state index contributed by atoms with van der Waals surface area (Å²) in [4.78, 5) is 0. The molecule has 0 amide bonds. The van der Waals surface area contributed by atoms with E-state index in [4.69, 9.17) is 4.74 Å². The monoisotopic (exact) mass is 241 g/mol. The van der Waals surface area contributed by atoms with Crippen LogP contribution in [0.1, 0.15) is 25.5 Å². The van der Waals surface area contributed by atoms with Crippen LogP contribution in [0.5, 0.6) is 5.75 Å². The molecule has 0 bridgehead atoms. The molecule has 1 aromatic rings. The third-order valence-corrected chi connectivity index (χ3v) is 2.68. The molecule has 0 radical (unpaired) electrons. The number of phenols is 1. The number of ether oxygens (including phenoxy) is 1. The molecule has 2 atom stereocenters. The van der Waals surface area contributed by atoms with E-state index in [0.29, 0.717) is 18.1 Å². The van der Waals surface area contributed by atoms with Crippen molar-refractivity contribution in [2.75, 3.05) is 20.3 Å². The van der Waals surface area contributed by atoms with E-state index in [-0.39, 0.29) is 11.8 Å². The van der Waals surface area contributed by atoms with Crippen molar-refractivity contribution in [2.45, 2.75) is 19.9 Å². The SMILES string of the molecule is COCC(C)CNC(C)c1ccc(F)cc1O. The van der Waals surface area contributed by atoms with Crippen LogP contribution in [0.3, 0.4) is 0 Å². The van der Waals surface area contributed by atoms with Crippen LogP contribution >= 0.6 is 0 Å². The molecule has 96 valence electrons. The highest BCUT2D eigenvalue weighted by molar-refractivity contribution is 5.34. The number of halogens is 1. The summed E-state index contributed by atoms with van der Waals surface area (Å²) >= 11 is 0. The number of rotatable bonds is 6. The maximum Gasteiger partial charge on any atom is 0.126 e. The van der Waals surface area contributed by atoms with Gasteiger partial charge in [0, 0.05) is 37.9 Å². The fourth-order valence-corrected chi connectivity index (χ4v) is 1.71. The zero-order chi connectivity index (χ0) is 12.8. The first kappa shape index (κ1) is 13.9. The second-order valence-corrected chi connectivity index (χ2v) is 4.39. The van der Waals surface area contributed by atoms with Gasteiger partial charge in [0.1, 0.15) is 11.6 Å². The fourth-order valence-electron chi connectivity index (χ4n) is 1.71. The third kappa shape index (κ3) is 4.32. The normalized spacial score (nSPS) is 14.6. The third-order valence-electron chi connectivity index (χ3n) is 2.68. The predicted octanol–water partition coefficient (Wildman–Crippen LogP) is 2.46. The summed E-state index contributed by atoms with van der Waals surface area (Å²) < 4.78 is 17.9. The van der Waals surface area contributed by atoms with Crippen LogP contribution < -0.4 is 5.32 Å². The smallest absolute Gasteiger partial charge is 0.126 e. The van der Waals surface area contributed by atoms with Crippen molar-refractivity contribution in [1.29, 1.82) is 0 Å². The molecule has 1 rings (SSSR count). The minimum absolute atomic E-state index is 0.00982. The summed E-state index contributed by atoms with van der Waals surface area (Å²) in [7, 11) is 1.67. The van der Waals surface area contributed by atoms with Crippen molar-refractivity contribution in [1.82, 2.24) is 5.32 Å². The van der Waals surface area contributed by atoms with Crippen molar-refractivity contribution >= 4 is 0 Å². The zero-order valence-electron chi connectivity index (χ0n) is 10.5. The zero-order valence-corrected chi connectivity index (χ0v) is 10.5. The number of nitrogens with one attached hydrogen (secondary N) is 1. The molecule has 0 aliphatic rings. The van der Waals surface area contributed by atoms with Gasteiger partial charge >= 0.3 is 0 Å². The van der Waals surface area contributed by atoms with Gasteiger partial charge in [-0.05, 0) is 18.9 Å². The molecule has 2 unspecified atom stereocenters. The summed E-state index contributed by atoms with van der Waals surface area (Å²) in [5.74, 6) is -0.0411. The minimum atomic E-state index is -0.425. The Morgan fingerprint density at radius 1 is 1.41 bits per heavy atom. The Bertz CT molecular complexity index is 357. The number of benzene rings is 1. The highest BCUT2D eigenvalue weighted by Gasteiger charge is 2.11. The number of hydrogen-bond acceptors (Lipinski definition) is 3. The second kappa shape index (κ2) is 6.57. The molecular weight excluding hydrogens is 221 g/mol. The Morgan fingerprint density at radius 2 is 2.12 bits per heavy atom. The van der Waals surface area contributed by atoms with E-state index in [9.17, 15) is 9.50 Å². The molecule has 0 saturated carbocycles. The van der Waals surface area contributed by atoms with Gasteiger partial charge in [-0.1, -0.05) is 13.0 Å². The fraction of sp³-hybridized carbons (Fsp3) is 0.538. The van der Waals surface area contributed by atoms with Gasteiger partial charge in [0.15, 0.2) is 0 Å². The van der Waals surface area contributed by atoms with Gasteiger partial charge in [-0.15, -0.1) is 0 Å². The topological polar surface area (TPSA) is 41.5 Å². The first-order valence-electron chi connectivity index (χ1n) is 5.75. The van der Waals surface area contributed by atoms with Crippen molar-refractivity contribution in [2.24, 2.45) is 5.92 Å². The first-order valence-corrected chi connectivity index (χ1v) is 5.75. The van der Waals surface area contributed by atoms with E-state index in [1.54, 1.807) is 13.2 Å². The molecular formula is C13H20FNO2. The van der Waals surface area contributed by atoms with Gasteiger partial charge in [0.2, 0.25) is 0 Å². The van der Waals surface area contributed by atoms with E-state index in [1.807, 2.05) is 6.92 Å². The van der Waals surface area contributed by atoms with Crippen LogP contribution in [0, 0.1) is 11.7 Å². The van der Waals surface area contributed by atoms with Crippen molar-refractivity contribution in [3.8, 4) is 5.75 Å². The Labute approximate surface area is 102 Å². The van der Waals surface area contributed by atoms with Crippen molar-refractivity contribution in [3.63, 3.8) is 0 Å². The van der Waals surface area contributed by atoms with E-state index in [0.717, 1.165) is 12.6 Å². The summed E-state index contributed by atoms with van der Waals surface area (Å²) in [6, 6.07) is 4.07. The summed E-state index contributed by atoms with van der Waals surface area (Å²) in [5.41, 5.74) is 0.705. The Balaban J connectivity index is 2.54. The molecule has 0 spiro atoms. The van der Waals surface area contributed by atoms with Crippen LogP contribution in [-0.2, 0) is 4.74 Å². The van der Waals surface area contributed by atoms with Gasteiger partial charge in [0.25, 0.3) is 0 Å². The summed E-state index contributed by atoms with van der Waals surface area (Å²) in [6.45, 7) is 5.49. The average Bonchev–Trinajstić information content (AvgIpc) is 2.26. The molecule has 3 nitrogen and oxygen atoms in total. The summed E-state index contributed by atoms with van der Waals surface area (Å²) in [5, 5.41) is 12.9. The molecule has 0 aromatic heterocycles. The molecule has 0 aliphatic heterocycles. The van der Waals surface area contributed by atoms with Crippen LogP contribution in [0.4, 0.5) is 4.39 Å². The van der Waals surface area contributed by atoms with E-state index >= 15 is 0 Å². The van der Waals surface area contributed by atoms with Gasteiger partial charge in [-0.2, -0.15) is 0 Å². The quantitative estimate of drug-likeness (QED) is 0.804. The molecule has 1 aromatic carbocycles. The first-order chi connectivity index (χ1) is 8.04. The lowest BCUT2D eigenvalue weighted by atomic mass is 10.1. The van der Waals surface area contributed by atoms with Crippen LogP contribution in [0.2, 0.25) is 0 Å². The van der Waals surface area contributed by atoms with E-state index in [2.05, 4.69) is 12.2 Å². The minimum Gasteiger partial charge on any atom is -0.508 e. The Kier molecular flexibility index (Phi) is 5.38. The number of methoxy groups -OCH3 is 1. The van der Waals surface area contributed by atoms with Gasteiger partial charge in [-0.25, -0.2) is 4.39 Å². The number of aromatic hydroxyl groups is 1. The maximum absolute atomic E-state index is 12.8. The van der Waals surface area contributed by atoms with Crippen molar-refractivity contribution < 1.29 is 14.2 Å². The maximum atomic E-state index is 12.8. The number of hydrogen-bond donors (Lipinski definition) is 2. The molecule has 0 heterocycles. The molecule has 2 N–H and O–H groups in total. The molecule has 0 saturated heterocycles. The van der Waals surface area contributed by atoms with Gasteiger partial charge in [-0.3, -0.25) is 0 Å². The highest BCUT2D eigenvalue weighted by atomic mass is 19.1. The predicted molar refractivity (Wildman–Crippen MR) is 65.5 cm³/mol. The van der Waals surface area contributed by atoms with Gasteiger partial charge < -0.3 is 15.2 Å². The lowest BCUT2D eigenvalue weighted by molar-refractivity contribution is 0.157. The second-order valence-electron chi connectivity index (χ2n) is 4.39. The highest BCUT2D eigenvalue weighted by Crippen LogP contribution is 2.24. The Hall–Kier alpha value is -1.13. The molecule has 0 aliphatic carbocycles. The molecule has 4 heteroatoms. The molecule has 17 heavy (non-hydrogen) atoms. The largest absolute Gasteiger partial charge is 0.508 e. The van der Waals surface area contributed by atoms with Crippen molar-refractivity contribution in [3.05, 3.63) is 29.6 Å². The lowest BCUT2D eigenvalue weighted by Gasteiger charge is -2.18. The van der Waals surface area contributed by atoms with E-state index in [1.165, 1.54) is 6.07 Å². The lowest BCUT2D eigenvalue weighted by Crippen LogP contribution is -2.26. The van der Waals surface area contributed by atoms with Crippen LogP contribution in [0.15, 0.2) is 18.2 Å². The van der Waals surface area contributed by atoms with E-state index < -0.39 is 5.82 Å². The standard InChI is InChI=1S/C13H20FNO2/c1-9(8-17-3)7-15-10(2)12-5-4-11(14)6-13(12)16/h4-6,9-10,15-16H,7-8H2,1-3H3. The van der Waals surface area contributed by atoms with Crippen LogP contribution in [-0.4, -0.2) is 25.4 Å². The van der Waals surface area contributed by atoms with Crippen LogP contribution in [0.25, 0.3) is 0 Å². The van der Waals surface area contributed by atoms with Gasteiger partial charge in [0.05, 0.1) is 0 Å².